The van der Waals surface area contributed by atoms with E-state index < -0.39 is 5.41 Å². The number of anilines is 1. The Kier molecular flexibility index (Phi) is 3.14. The molecule has 1 aliphatic carbocycles. The van der Waals surface area contributed by atoms with Gasteiger partial charge in [-0.3, -0.25) is 9.69 Å². The highest BCUT2D eigenvalue weighted by Crippen LogP contribution is 2.55. The van der Waals surface area contributed by atoms with Gasteiger partial charge in [0.15, 0.2) is 0 Å². The van der Waals surface area contributed by atoms with Crippen LogP contribution in [0.1, 0.15) is 26.2 Å². The van der Waals surface area contributed by atoms with Crippen LogP contribution in [0.4, 0.5) is 5.82 Å². The van der Waals surface area contributed by atoms with Gasteiger partial charge in [-0.1, -0.05) is 6.92 Å². The molecule has 20 heavy (non-hydrogen) atoms. The number of carbonyl (C=O) groups excluding carboxylic acids is 1. The quantitative estimate of drug-likeness (QED) is 0.802. The van der Waals surface area contributed by atoms with E-state index in [1.54, 1.807) is 11.0 Å². The molecule has 2 atom stereocenters. The molecule has 2 unspecified atom stereocenters. The van der Waals surface area contributed by atoms with Crippen molar-refractivity contribution >= 4 is 23.3 Å². The van der Waals surface area contributed by atoms with Crippen molar-refractivity contribution in [2.24, 2.45) is 17.3 Å². The molecular formula is C14H15ClN4O. The number of halogens is 1. The third-order valence-electron chi connectivity index (χ3n) is 4.43. The van der Waals surface area contributed by atoms with Crippen molar-refractivity contribution in [2.45, 2.75) is 26.2 Å². The maximum Gasteiger partial charge on any atom is 0.249 e. The number of rotatable bonds is 3. The first-order valence-electron chi connectivity index (χ1n) is 6.85. The number of aromatic nitrogens is 2. The molecule has 1 saturated heterocycles. The van der Waals surface area contributed by atoms with Gasteiger partial charge in [-0.2, -0.15) is 5.26 Å². The van der Waals surface area contributed by atoms with E-state index in [0.717, 1.165) is 19.3 Å². The molecule has 0 radical (unpaired) electrons. The molecule has 0 aromatic carbocycles. The van der Waals surface area contributed by atoms with Crippen molar-refractivity contribution in [1.82, 2.24) is 9.97 Å². The van der Waals surface area contributed by atoms with E-state index in [9.17, 15) is 10.1 Å². The molecule has 3 rings (SSSR count). The van der Waals surface area contributed by atoms with Crippen LogP contribution in [0.25, 0.3) is 0 Å². The van der Waals surface area contributed by atoms with Crippen LogP contribution in [-0.4, -0.2) is 22.4 Å². The third-order valence-corrected chi connectivity index (χ3v) is 4.62. The van der Waals surface area contributed by atoms with E-state index in [-0.39, 0.29) is 23.0 Å². The highest BCUT2D eigenvalue weighted by molar-refractivity contribution is 6.28. The van der Waals surface area contributed by atoms with Gasteiger partial charge < -0.3 is 0 Å². The lowest BCUT2D eigenvalue weighted by molar-refractivity contribution is -0.125. The summed E-state index contributed by atoms with van der Waals surface area (Å²) in [5, 5.41) is 9.78. The predicted molar refractivity (Wildman–Crippen MR) is 73.9 cm³/mol. The summed E-state index contributed by atoms with van der Waals surface area (Å²) in [6.45, 7) is 2.57. The highest BCUT2D eigenvalue weighted by Gasteiger charge is 2.61. The number of amides is 1. The van der Waals surface area contributed by atoms with E-state index in [4.69, 9.17) is 11.6 Å². The smallest absolute Gasteiger partial charge is 0.249 e. The number of hydrogen-bond donors (Lipinski definition) is 0. The molecule has 5 nitrogen and oxygen atoms in total. The summed E-state index contributed by atoms with van der Waals surface area (Å²) < 4.78 is 0. The Bertz CT molecular complexity index is 595. The number of nitriles is 1. The van der Waals surface area contributed by atoms with Gasteiger partial charge in [0.2, 0.25) is 11.2 Å². The molecule has 104 valence electrons. The normalized spacial score (nSPS) is 29.6. The van der Waals surface area contributed by atoms with Crippen LogP contribution < -0.4 is 4.90 Å². The summed E-state index contributed by atoms with van der Waals surface area (Å²) in [5.74, 6) is 0.629. The van der Waals surface area contributed by atoms with Gasteiger partial charge in [-0.15, -0.1) is 0 Å². The lowest BCUT2D eigenvalue weighted by Gasteiger charge is -2.24. The van der Waals surface area contributed by atoms with Crippen molar-refractivity contribution < 1.29 is 4.79 Å². The number of carbonyl (C=O) groups is 1. The van der Waals surface area contributed by atoms with Crippen molar-refractivity contribution in [1.29, 1.82) is 5.26 Å². The molecule has 6 heteroatoms. The van der Waals surface area contributed by atoms with Crippen molar-refractivity contribution in [3.8, 4) is 6.07 Å². The van der Waals surface area contributed by atoms with Crippen molar-refractivity contribution in [2.75, 3.05) is 11.4 Å². The van der Waals surface area contributed by atoms with Gasteiger partial charge in [-0.25, -0.2) is 9.97 Å². The Labute approximate surface area is 122 Å². The predicted octanol–water partition coefficient (Wildman–Crippen LogP) is 2.42. The van der Waals surface area contributed by atoms with Gasteiger partial charge >= 0.3 is 0 Å². The molecule has 0 spiro atoms. The standard InChI is InChI=1S/C14H15ClN4O/c1-2-9-7-19(11-5-6-17-13(15)18-11)12(20)14(9,8-16)10-3-4-10/h5-6,9-10H,2-4,7H2,1H3. The van der Waals surface area contributed by atoms with Crippen molar-refractivity contribution in [3.05, 3.63) is 17.5 Å². The molecule has 1 amide bonds. The van der Waals surface area contributed by atoms with E-state index in [1.807, 2.05) is 6.92 Å². The molecule has 0 N–H and O–H groups in total. The van der Waals surface area contributed by atoms with Crippen LogP contribution in [0.2, 0.25) is 5.28 Å². The average molecular weight is 291 g/mol. The Hall–Kier alpha value is -1.67. The second kappa shape index (κ2) is 4.71. The molecule has 1 aromatic heterocycles. The largest absolute Gasteiger partial charge is 0.295 e. The maximum absolute atomic E-state index is 12.8. The fourth-order valence-electron chi connectivity index (χ4n) is 3.25. The van der Waals surface area contributed by atoms with Crippen LogP contribution in [0.5, 0.6) is 0 Å². The molecule has 1 aliphatic heterocycles. The van der Waals surface area contributed by atoms with Gasteiger partial charge in [-0.05, 0) is 42.8 Å². The second-order valence-corrected chi connectivity index (χ2v) is 5.80. The summed E-state index contributed by atoms with van der Waals surface area (Å²) in [4.78, 5) is 22.4. The minimum Gasteiger partial charge on any atom is -0.295 e. The average Bonchev–Trinajstić information content (AvgIpc) is 3.24. The van der Waals surface area contributed by atoms with E-state index >= 15 is 0 Å². The lowest BCUT2D eigenvalue weighted by Crippen LogP contribution is -2.37. The summed E-state index contributed by atoms with van der Waals surface area (Å²) in [7, 11) is 0. The fraction of sp³-hybridized carbons (Fsp3) is 0.571. The Balaban J connectivity index is 2.00. The monoisotopic (exact) mass is 290 g/mol. The SMILES string of the molecule is CCC1CN(c2ccnc(Cl)n2)C(=O)C1(C#N)C1CC1. The van der Waals surface area contributed by atoms with Gasteiger partial charge in [0.25, 0.3) is 0 Å². The zero-order valence-corrected chi connectivity index (χ0v) is 12.0. The van der Waals surface area contributed by atoms with Crippen LogP contribution in [0.15, 0.2) is 12.3 Å². The van der Waals surface area contributed by atoms with Crippen molar-refractivity contribution in [3.63, 3.8) is 0 Å². The van der Waals surface area contributed by atoms with Gasteiger partial charge in [0.1, 0.15) is 11.2 Å². The first-order chi connectivity index (χ1) is 9.63. The minimum atomic E-state index is -0.869. The maximum atomic E-state index is 12.8. The molecule has 2 aliphatic rings. The zero-order chi connectivity index (χ0) is 14.3. The Morgan fingerprint density at radius 3 is 2.90 bits per heavy atom. The van der Waals surface area contributed by atoms with Crippen LogP contribution in [0.3, 0.4) is 0 Å². The summed E-state index contributed by atoms with van der Waals surface area (Å²) in [6.07, 6.45) is 4.27. The van der Waals surface area contributed by atoms with Crippen LogP contribution in [0, 0.1) is 28.6 Å². The summed E-state index contributed by atoms with van der Waals surface area (Å²) in [6, 6.07) is 4.00. The van der Waals surface area contributed by atoms with E-state index in [2.05, 4.69) is 16.0 Å². The Morgan fingerprint density at radius 1 is 1.60 bits per heavy atom. The topological polar surface area (TPSA) is 69.9 Å². The molecule has 1 saturated carbocycles. The Morgan fingerprint density at radius 2 is 2.35 bits per heavy atom. The molecule has 0 bridgehead atoms. The highest BCUT2D eigenvalue weighted by atomic mass is 35.5. The third kappa shape index (κ3) is 1.79. The minimum absolute atomic E-state index is 0.0567. The molecular weight excluding hydrogens is 276 g/mol. The van der Waals surface area contributed by atoms with Crippen LogP contribution in [-0.2, 0) is 4.79 Å². The van der Waals surface area contributed by atoms with E-state index in [1.165, 1.54) is 6.20 Å². The number of nitrogens with zero attached hydrogens (tertiary/aromatic N) is 4. The summed E-state index contributed by atoms with van der Waals surface area (Å²) in [5.41, 5.74) is -0.869. The zero-order valence-electron chi connectivity index (χ0n) is 11.2. The second-order valence-electron chi connectivity index (χ2n) is 5.46. The van der Waals surface area contributed by atoms with Gasteiger partial charge in [0.05, 0.1) is 6.07 Å². The van der Waals surface area contributed by atoms with Crippen LogP contribution >= 0.6 is 11.6 Å². The molecule has 2 heterocycles. The lowest BCUT2D eigenvalue weighted by atomic mass is 9.73. The molecule has 1 aromatic rings. The fourth-order valence-corrected chi connectivity index (χ4v) is 3.39. The molecule has 2 fully saturated rings. The number of hydrogen-bond acceptors (Lipinski definition) is 4. The van der Waals surface area contributed by atoms with E-state index in [0.29, 0.717) is 12.4 Å². The summed E-state index contributed by atoms with van der Waals surface area (Å²) >= 11 is 5.80. The first-order valence-corrected chi connectivity index (χ1v) is 7.23. The first kappa shape index (κ1) is 13.3. The van der Waals surface area contributed by atoms with Gasteiger partial charge in [0, 0.05) is 18.7 Å².